The van der Waals surface area contributed by atoms with Gasteiger partial charge in [-0.3, -0.25) is 0 Å². The second kappa shape index (κ2) is 7.14. The van der Waals surface area contributed by atoms with Crippen LogP contribution in [0.1, 0.15) is 13.8 Å². The van der Waals surface area contributed by atoms with Crippen molar-refractivity contribution in [1.29, 1.82) is 0 Å². The molecule has 0 aromatic heterocycles. The number of hydrogen-bond donors (Lipinski definition) is 2. The van der Waals surface area contributed by atoms with Crippen molar-refractivity contribution in [3.63, 3.8) is 0 Å². The average Bonchev–Trinajstić information content (AvgIpc) is 2.34. The van der Waals surface area contributed by atoms with Crippen molar-refractivity contribution in [2.75, 3.05) is 20.3 Å². The van der Waals surface area contributed by atoms with Gasteiger partial charge in [0, 0.05) is 0 Å². The van der Waals surface area contributed by atoms with Crippen LogP contribution in [0.15, 0.2) is 24.3 Å². The number of aliphatic hydroxyl groups is 1. The highest BCUT2D eigenvalue weighted by Gasteiger charge is 2.08. The van der Waals surface area contributed by atoms with E-state index in [0.29, 0.717) is 19.2 Å². The summed E-state index contributed by atoms with van der Waals surface area (Å²) in [5, 5.41) is 11.8. The first-order valence-electron chi connectivity index (χ1n) is 5.90. The average molecular weight is 240 g/mol. The molecule has 0 aliphatic heterocycles. The second-order valence-corrected chi connectivity index (χ2v) is 4.36. The quantitative estimate of drug-likeness (QED) is 0.725. The highest BCUT2D eigenvalue weighted by molar-refractivity contribution is 5.31. The smallest absolute Gasteiger partial charge is 0.137 e. The van der Waals surface area contributed by atoms with Gasteiger partial charge in [0.05, 0.1) is 13.2 Å². The number of aliphatic hydroxyl groups excluding tert-OH is 1. The summed E-state index contributed by atoms with van der Waals surface area (Å²) in [7, 11) is 1.63. The molecule has 0 fully saturated rings. The third-order valence-corrected chi connectivity index (χ3v) is 2.38. The van der Waals surface area contributed by atoms with Gasteiger partial charge in [-0.1, -0.05) is 0 Å². The van der Waals surface area contributed by atoms with Crippen LogP contribution in [0.4, 0.5) is 0 Å². The number of quaternary nitrogens is 1. The van der Waals surface area contributed by atoms with Crippen LogP contribution >= 0.6 is 0 Å². The molecule has 1 atom stereocenters. The normalized spacial score (nSPS) is 12.5. The van der Waals surface area contributed by atoms with Crippen LogP contribution in [0.5, 0.6) is 11.5 Å². The zero-order valence-electron chi connectivity index (χ0n) is 10.7. The maximum absolute atomic E-state index is 9.68. The monoisotopic (exact) mass is 240 g/mol. The maximum Gasteiger partial charge on any atom is 0.137 e. The van der Waals surface area contributed by atoms with Crippen molar-refractivity contribution >= 4 is 0 Å². The minimum absolute atomic E-state index is 0.315. The lowest BCUT2D eigenvalue weighted by atomic mass is 10.3. The van der Waals surface area contributed by atoms with Gasteiger partial charge in [-0.15, -0.1) is 0 Å². The molecule has 0 spiro atoms. The van der Waals surface area contributed by atoms with E-state index in [1.807, 2.05) is 24.3 Å². The summed E-state index contributed by atoms with van der Waals surface area (Å²) in [6, 6.07) is 7.82. The van der Waals surface area contributed by atoms with Crippen LogP contribution in [0, 0.1) is 0 Å². The molecule has 0 amide bonds. The van der Waals surface area contributed by atoms with Gasteiger partial charge in [0.15, 0.2) is 0 Å². The molecule has 96 valence electrons. The van der Waals surface area contributed by atoms with Crippen LogP contribution in [-0.2, 0) is 0 Å². The molecule has 0 saturated heterocycles. The van der Waals surface area contributed by atoms with Gasteiger partial charge in [0.1, 0.15) is 30.8 Å². The lowest BCUT2D eigenvalue weighted by Crippen LogP contribution is -2.90. The first kappa shape index (κ1) is 13.8. The Morgan fingerprint density at radius 2 is 1.76 bits per heavy atom. The van der Waals surface area contributed by atoms with Crippen LogP contribution in [0.2, 0.25) is 0 Å². The van der Waals surface area contributed by atoms with Crippen LogP contribution in [0.3, 0.4) is 0 Å². The fraction of sp³-hybridized carbons (Fsp3) is 0.538. The molecule has 0 aliphatic rings. The van der Waals surface area contributed by atoms with E-state index in [-0.39, 0.29) is 0 Å². The summed E-state index contributed by atoms with van der Waals surface area (Å²) in [5.74, 6) is 1.54. The van der Waals surface area contributed by atoms with Crippen molar-refractivity contribution in [3.05, 3.63) is 24.3 Å². The summed E-state index contributed by atoms with van der Waals surface area (Å²) in [5.41, 5.74) is 0. The van der Waals surface area contributed by atoms with Crippen molar-refractivity contribution in [2.45, 2.75) is 26.0 Å². The van der Waals surface area contributed by atoms with Gasteiger partial charge in [0.25, 0.3) is 0 Å². The minimum Gasteiger partial charge on any atom is -0.497 e. The van der Waals surface area contributed by atoms with Crippen molar-refractivity contribution in [1.82, 2.24) is 0 Å². The highest BCUT2D eigenvalue weighted by atomic mass is 16.5. The highest BCUT2D eigenvalue weighted by Crippen LogP contribution is 2.16. The molecule has 0 radical (unpaired) electrons. The van der Waals surface area contributed by atoms with Gasteiger partial charge in [-0.2, -0.15) is 0 Å². The Morgan fingerprint density at radius 1 is 1.18 bits per heavy atom. The number of methoxy groups -OCH3 is 1. The third kappa shape index (κ3) is 5.56. The summed E-state index contributed by atoms with van der Waals surface area (Å²) in [6.07, 6.45) is -0.445. The molecular weight excluding hydrogens is 218 g/mol. The second-order valence-electron chi connectivity index (χ2n) is 4.36. The molecule has 4 nitrogen and oxygen atoms in total. The topological polar surface area (TPSA) is 55.3 Å². The molecule has 4 heteroatoms. The lowest BCUT2D eigenvalue weighted by Gasteiger charge is -2.13. The minimum atomic E-state index is -0.445. The molecule has 1 aromatic carbocycles. The molecule has 1 unspecified atom stereocenters. The molecule has 0 heterocycles. The Hall–Kier alpha value is -1.26. The Bertz CT molecular complexity index is 311. The summed E-state index contributed by atoms with van der Waals surface area (Å²) in [4.78, 5) is 0. The summed E-state index contributed by atoms with van der Waals surface area (Å²) < 4.78 is 10.5. The van der Waals surface area contributed by atoms with Crippen molar-refractivity contribution in [3.8, 4) is 11.5 Å². The number of rotatable bonds is 7. The zero-order chi connectivity index (χ0) is 12.7. The molecular formula is C13H22NO3+. The first-order valence-corrected chi connectivity index (χ1v) is 5.90. The molecule has 3 N–H and O–H groups in total. The standard InChI is InChI=1S/C13H21NO3/c1-10(2)14-8-11(15)9-17-13-6-4-12(16-3)5-7-13/h4-7,10-11,14-15H,8-9H2,1-3H3/p+1. The van der Waals surface area contributed by atoms with E-state index in [4.69, 9.17) is 9.47 Å². The van der Waals surface area contributed by atoms with Gasteiger partial charge in [-0.05, 0) is 38.1 Å². The molecule has 1 aromatic rings. The fourth-order valence-corrected chi connectivity index (χ4v) is 1.36. The molecule has 0 aliphatic carbocycles. The van der Waals surface area contributed by atoms with Crippen LogP contribution in [-0.4, -0.2) is 37.5 Å². The van der Waals surface area contributed by atoms with Crippen molar-refractivity contribution < 1.29 is 19.9 Å². The predicted molar refractivity (Wildman–Crippen MR) is 66.4 cm³/mol. The molecule has 17 heavy (non-hydrogen) atoms. The summed E-state index contributed by atoms with van der Waals surface area (Å²) in [6.45, 7) is 5.16. The van der Waals surface area contributed by atoms with Gasteiger partial charge in [-0.25, -0.2) is 0 Å². The Balaban J connectivity index is 2.29. The molecule has 1 rings (SSSR count). The number of nitrogens with two attached hydrogens (primary N) is 1. The van der Waals surface area contributed by atoms with E-state index in [2.05, 4.69) is 19.2 Å². The fourth-order valence-electron chi connectivity index (χ4n) is 1.36. The summed E-state index contributed by atoms with van der Waals surface area (Å²) >= 11 is 0. The zero-order valence-corrected chi connectivity index (χ0v) is 10.7. The van der Waals surface area contributed by atoms with E-state index < -0.39 is 6.10 Å². The molecule has 0 saturated carbocycles. The van der Waals surface area contributed by atoms with E-state index in [1.165, 1.54) is 0 Å². The molecule has 0 bridgehead atoms. The van der Waals surface area contributed by atoms with E-state index in [9.17, 15) is 5.11 Å². The Morgan fingerprint density at radius 3 is 2.29 bits per heavy atom. The van der Waals surface area contributed by atoms with Crippen LogP contribution in [0.25, 0.3) is 0 Å². The number of benzene rings is 1. The Labute approximate surface area is 103 Å². The largest absolute Gasteiger partial charge is 0.497 e. The van der Waals surface area contributed by atoms with Gasteiger partial charge < -0.3 is 19.9 Å². The maximum atomic E-state index is 9.68. The van der Waals surface area contributed by atoms with E-state index >= 15 is 0 Å². The van der Waals surface area contributed by atoms with E-state index in [1.54, 1.807) is 7.11 Å². The van der Waals surface area contributed by atoms with Gasteiger partial charge in [0.2, 0.25) is 0 Å². The lowest BCUT2D eigenvalue weighted by molar-refractivity contribution is -0.688. The number of ether oxygens (including phenoxy) is 2. The van der Waals surface area contributed by atoms with Gasteiger partial charge >= 0.3 is 0 Å². The predicted octanol–water partition coefficient (Wildman–Crippen LogP) is 0.407. The first-order chi connectivity index (χ1) is 8.11. The Kier molecular flexibility index (Phi) is 5.80. The van der Waals surface area contributed by atoms with E-state index in [0.717, 1.165) is 11.5 Å². The SMILES string of the molecule is COc1ccc(OCC(O)C[NH2+]C(C)C)cc1. The number of hydrogen-bond acceptors (Lipinski definition) is 3. The van der Waals surface area contributed by atoms with Crippen LogP contribution < -0.4 is 14.8 Å². The van der Waals surface area contributed by atoms with Crippen molar-refractivity contribution in [2.24, 2.45) is 0 Å². The third-order valence-electron chi connectivity index (χ3n) is 2.38.